The van der Waals surface area contributed by atoms with E-state index in [9.17, 15) is 19.6 Å². The molecule has 0 fully saturated rings. The summed E-state index contributed by atoms with van der Waals surface area (Å²) < 4.78 is 0. The van der Waals surface area contributed by atoms with Crippen LogP contribution in [-0.2, 0) is 14.4 Å². The van der Waals surface area contributed by atoms with Crippen LogP contribution < -0.4 is 0 Å². The average molecular weight is 302 g/mol. The fourth-order valence-corrected chi connectivity index (χ4v) is 2.09. The van der Waals surface area contributed by atoms with E-state index in [-0.39, 0.29) is 32.0 Å². The Hall–Kier alpha value is -1.63. The number of unbranched alkanes of at least 4 members (excludes halogenated alkanes) is 2. The first kappa shape index (κ1) is 19.4. The van der Waals surface area contributed by atoms with Crippen LogP contribution in [0.5, 0.6) is 0 Å². The maximum absolute atomic E-state index is 12.2. The summed E-state index contributed by atoms with van der Waals surface area (Å²) in [5, 5.41) is 18.5. The lowest BCUT2D eigenvalue weighted by Crippen LogP contribution is -2.45. The average Bonchev–Trinajstić information content (AvgIpc) is 2.36. The molecule has 0 aromatic rings. The molecule has 0 aliphatic carbocycles. The van der Waals surface area contributed by atoms with Crippen molar-refractivity contribution in [2.45, 2.75) is 52.9 Å². The number of hydroxylamine groups is 2. The molecule has 0 aliphatic rings. The number of carbonyl (C=O) groups is 3. The molecule has 0 saturated carbocycles. The second-order valence-corrected chi connectivity index (χ2v) is 5.97. The minimum Gasteiger partial charge on any atom is -0.481 e. The van der Waals surface area contributed by atoms with E-state index in [0.717, 1.165) is 19.3 Å². The Morgan fingerprint density at radius 2 is 1.86 bits per heavy atom. The second kappa shape index (κ2) is 9.33. The van der Waals surface area contributed by atoms with Gasteiger partial charge in [-0.15, -0.1) is 0 Å². The molecule has 7 nitrogen and oxygen atoms in total. The van der Waals surface area contributed by atoms with Gasteiger partial charge in [-0.3, -0.25) is 19.6 Å². The van der Waals surface area contributed by atoms with Crippen LogP contribution in [0.25, 0.3) is 0 Å². The molecule has 122 valence electrons. The van der Waals surface area contributed by atoms with Gasteiger partial charge in [0.25, 0.3) is 0 Å². The van der Waals surface area contributed by atoms with Crippen molar-refractivity contribution >= 4 is 18.3 Å². The van der Waals surface area contributed by atoms with Crippen LogP contribution >= 0.6 is 0 Å². The summed E-state index contributed by atoms with van der Waals surface area (Å²) in [6.45, 7) is 5.40. The summed E-state index contributed by atoms with van der Waals surface area (Å²) in [7, 11) is 0. The van der Waals surface area contributed by atoms with Crippen LogP contribution in [0.15, 0.2) is 0 Å². The molecule has 0 saturated heterocycles. The van der Waals surface area contributed by atoms with Gasteiger partial charge in [0.1, 0.15) is 6.67 Å². The number of nitrogens with zero attached hydrogens (tertiary/aromatic N) is 2. The van der Waals surface area contributed by atoms with Gasteiger partial charge in [0, 0.05) is 13.0 Å². The van der Waals surface area contributed by atoms with Crippen molar-refractivity contribution in [2.75, 3.05) is 13.2 Å². The lowest BCUT2D eigenvalue weighted by atomic mass is 9.88. The van der Waals surface area contributed by atoms with Gasteiger partial charge >= 0.3 is 5.97 Å². The highest BCUT2D eigenvalue weighted by Gasteiger charge is 2.28. The number of carboxylic acids is 1. The predicted octanol–water partition coefficient (Wildman–Crippen LogP) is 1.70. The van der Waals surface area contributed by atoms with Crippen molar-refractivity contribution in [1.29, 1.82) is 0 Å². The smallest absolute Gasteiger partial charge is 0.303 e. The normalized spacial score (nSPS) is 11.0. The van der Waals surface area contributed by atoms with Gasteiger partial charge in [-0.1, -0.05) is 33.6 Å². The summed E-state index contributed by atoms with van der Waals surface area (Å²) in [5.41, 5.74) is -0.643. The zero-order valence-electron chi connectivity index (χ0n) is 13.0. The highest BCUT2D eigenvalue weighted by molar-refractivity contribution is 5.76. The Kier molecular flexibility index (Phi) is 8.61. The van der Waals surface area contributed by atoms with Gasteiger partial charge in [0.2, 0.25) is 12.3 Å². The first-order chi connectivity index (χ1) is 9.71. The number of hydrogen-bond acceptors (Lipinski definition) is 4. The molecule has 7 heteroatoms. The summed E-state index contributed by atoms with van der Waals surface area (Å²) in [6, 6.07) is 0. The third kappa shape index (κ3) is 9.01. The molecule has 0 unspecified atom stereocenters. The monoisotopic (exact) mass is 302 g/mol. The first-order valence-corrected chi connectivity index (χ1v) is 7.12. The second-order valence-electron chi connectivity index (χ2n) is 5.97. The number of carboxylic acid groups (broad SMARTS) is 1. The van der Waals surface area contributed by atoms with Crippen molar-refractivity contribution in [1.82, 2.24) is 9.96 Å². The molecule has 0 aliphatic heterocycles. The first-order valence-electron chi connectivity index (χ1n) is 7.12. The Balaban J connectivity index is 4.75. The van der Waals surface area contributed by atoms with Crippen molar-refractivity contribution in [2.24, 2.45) is 5.41 Å². The number of carbonyl (C=O) groups excluding carboxylic acids is 2. The zero-order valence-corrected chi connectivity index (χ0v) is 13.0. The lowest BCUT2D eigenvalue weighted by Gasteiger charge is -2.32. The molecular formula is C14H26N2O5. The van der Waals surface area contributed by atoms with Crippen molar-refractivity contribution in [3.05, 3.63) is 0 Å². The van der Waals surface area contributed by atoms with E-state index in [4.69, 9.17) is 5.11 Å². The van der Waals surface area contributed by atoms with Crippen molar-refractivity contribution in [3.63, 3.8) is 0 Å². The van der Waals surface area contributed by atoms with Crippen LogP contribution in [0.4, 0.5) is 0 Å². The van der Waals surface area contributed by atoms with E-state index in [1.165, 1.54) is 4.90 Å². The zero-order chi connectivity index (χ0) is 16.5. The Morgan fingerprint density at radius 3 is 2.33 bits per heavy atom. The summed E-state index contributed by atoms with van der Waals surface area (Å²) in [5.74, 6) is -1.14. The molecule has 2 N–H and O–H groups in total. The number of rotatable bonds is 11. The lowest BCUT2D eigenvalue weighted by molar-refractivity contribution is -0.166. The topological polar surface area (TPSA) is 98.2 Å². The third-order valence-electron chi connectivity index (χ3n) is 3.03. The highest BCUT2D eigenvalue weighted by Crippen LogP contribution is 2.22. The Morgan fingerprint density at radius 1 is 1.24 bits per heavy atom. The maximum atomic E-state index is 12.2. The van der Waals surface area contributed by atoms with Gasteiger partial charge in [-0.25, -0.2) is 5.06 Å². The minimum atomic E-state index is -0.949. The van der Waals surface area contributed by atoms with Gasteiger partial charge in [-0.05, 0) is 11.8 Å². The quantitative estimate of drug-likeness (QED) is 0.199. The highest BCUT2D eigenvalue weighted by atomic mass is 16.5. The molecule has 0 aromatic carbocycles. The largest absolute Gasteiger partial charge is 0.481 e. The molecule has 0 aromatic heterocycles. The maximum Gasteiger partial charge on any atom is 0.303 e. The SMILES string of the molecule is CCCCCC(=O)N(CN(O)C=O)CC(C)(C)CC(=O)O. The van der Waals surface area contributed by atoms with Crippen LogP contribution in [0.2, 0.25) is 0 Å². The van der Waals surface area contributed by atoms with Crippen LogP contribution in [0.3, 0.4) is 0 Å². The molecule has 0 bridgehead atoms. The summed E-state index contributed by atoms with van der Waals surface area (Å²) in [6.07, 6.45) is 3.09. The Bertz CT molecular complexity index is 357. The van der Waals surface area contributed by atoms with Gasteiger partial charge in [-0.2, -0.15) is 0 Å². The van der Waals surface area contributed by atoms with E-state index < -0.39 is 11.4 Å². The molecule has 0 spiro atoms. The number of amides is 2. The minimum absolute atomic E-state index is 0.0990. The molecule has 0 rings (SSSR count). The summed E-state index contributed by atoms with van der Waals surface area (Å²) in [4.78, 5) is 34.8. The summed E-state index contributed by atoms with van der Waals surface area (Å²) >= 11 is 0. The van der Waals surface area contributed by atoms with Crippen LogP contribution in [0.1, 0.15) is 52.9 Å². The molecular weight excluding hydrogens is 276 g/mol. The van der Waals surface area contributed by atoms with E-state index in [0.29, 0.717) is 11.5 Å². The standard InChI is InChI=1S/C14H26N2O5/c1-4-5-6-7-12(18)15(10-16(21)11-17)9-14(2,3)8-13(19)20/h11,21H,4-10H2,1-3H3,(H,19,20). The van der Waals surface area contributed by atoms with Gasteiger partial charge < -0.3 is 10.0 Å². The molecule has 0 atom stereocenters. The number of hydrogen-bond donors (Lipinski definition) is 2. The van der Waals surface area contributed by atoms with E-state index in [2.05, 4.69) is 0 Å². The number of aliphatic carboxylic acids is 1. The van der Waals surface area contributed by atoms with Crippen molar-refractivity contribution in [3.8, 4) is 0 Å². The van der Waals surface area contributed by atoms with E-state index in [1.807, 2.05) is 6.92 Å². The molecule has 21 heavy (non-hydrogen) atoms. The fraction of sp³-hybridized carbons (Fsp3) is 0.786. The molecule has 2 amide bonds. The predicted molar refractivity (Wildman–Crippen MR) is 76.4 cm³/mol. The van der Waals surface area contributed by atoms with E-state index in [1.54, 1.807) is 13.8 Å². The van der Waals surface area contributed by atoms with Crippen LogP contribution in [-0.4, -0.2) is 51.8 Å². The van der Waals surface area contributed by atoms with Crippen molar-refractivity contribution < 1.29 is 24.7 Å². The Labute approximate surface area is 125 Å². The third-order valence-corrected chi connectivity index (χ3v) is 3.03. The molecule has 0 heterocycles. The molecule has 0 radical (unpaired) electrons. The van der Waals surface area contributed by atoms with Crippen LogP contribution in [0, 0.1) is 5.41 Å². The van der Waals surface area contributed by atoms with E-state index >= 15 is 0 Å². The van der Waals surface area contributed by atoms with Gasteiger partial charge in [0.05, 0.1) is 6.42 Å². The fourth-order valence-electron chi connectivity index (χ4n) is 2.09. The van der Waals surface area contributed by atoms with Gasteiger partial charge in [0.15, 0.2) is 0 Å².